The van der Waals surface area contributed by atoms with Gasteiger partial charge in [-0.15, -0.1) is 0 Å². The van der Waals surface area contributed by atoms with Crippen molar-refractivity contribution < 1.29 is 5.11 Å². The molecule has 1 aromatic rings. The first-order chi connectivity index (χ1) is 7.29. The molecule has 82 valence electrons. The van der Waals surface area contributed by atoms with Gasteiger partial charge < -0.3 is 5.11 Å². The molecular weight excluding hydrogens is 184 g/mol. The summed E-state index contributed by atoms with van der Waals surface area (Å²) in [7, 11) is 0. The van der Waals surface area contributed by atoms with E-state index >= 15 is 0 Å². The Kier molecular flexibility index (Phi) is 3.42. The Morgan fingerprint density at radius 2 is 1.93 bits per heavy atom. The fourth-order valence-electron chi connectivity index (χ4n) is 2.16. The van der Waals surface area contributed by atoms with Crippen molar-refractivity contribution in [3.05, 3.63) is 35.4 Å². The minimum Gasteiger partial charge on any atom is -0.388 e. The highest BCUT2D eigenvalue weighted by Gasteiger charge is 2.21. The lowest BCUT2D eigenvalue weighted by Crippen LogP contribution is -2.14. The van der Waals surface area contributed by atoms with Crippen LogP contribution in [-0.2, 0) is 6.42 Å². The van der Waals surface area contributed by atoms with Crippen molar-refractivity contribution in [1.29, 1.82) is 0 Å². The Balaban J connectivity index is 1.94. The summed E-state index contributed by atoms with van der Waals surface area (Å²) >= 11 is 0. The predicted octanol–water partition coefficient (Wildman–Crippen LogP) is 3.47. The van der Waals surface area contributed by atoms with Crippen molar-refractivity contribution in [3.8, 4) is 0 Å². The molecule has 0 aromatic heterocycles. The van der Waals surface area contributed by atoms with Crippen molar-refractivity contribution >= 4 is 0 Å². The average Bonchev–Trinajstić information content (AvgIpc) is 2.23. The molecule has 1 heteroatoms. The maximum Gasteiger partial charge on any atom is 0.0792 e. The first kappa shape index (κ1) is 10.7. The van der Waals surface area contributed by atoms with Gasteiger partial charge in [0.1, 0.15) is 0 Å². The second-order valence-corrected chi connectivity index (χ2v) is 4.64. The van der Waals surface area contributed by atoms with Gasteiger partial charge in [-0.1, -0.05) is 50.5 Å². The molecule has 1 aliphatic carbocycles. The quantitative estimate of drug-likeness (QED) is 0.796. The summed E-state index contributed by atoms with van der Waals surface area (Å²) in [5, 5.41) is 10.0. The fraction of sp³-hybridized carbons (Fsp3) is 0.571. The molecule has 1 aromatic carbocycles. The van der Waals surface area contributed by atoms with Gasteiger partial charge in [-0.2, -0.15) is 0 Å². The smallest absolute Gasteiger partial charge is 0.0792 e. The van der Waals surface area contributed by atoms with Crippen LogP contribution in [0.15, 0.2) is 24.3 Å². The van der Waals surface area contributed by atoms with Crippen LogP contribution in [0, 0.1) is 5.92 Å². The van der Waals surface area contributed by atoms with Crippen LogP contribution in [0.1, 0.15) is 49.8 Å². The Bertz CT molecular complexity index is 298. The van der Waals surface area contributed by atoms with E-state index in [2.05, 4.69) is 31.2 Å². The number of aryl methyl sites for hydroxylation is 1. The summed E-state index contributed by atoms with van der Waals surface area (Å²) < 4.78 is 0. The minimum atomic E-state index is -0.249. The van der Waals surface area contributed by atoms with Crippen LogP contribution >= 0.6 is 0 Å². The zero-order valence-corrected chi connectivity index (χ0v) is 9.45. The van der Waals surface area contributed by atoms with Crippen LogP contribution in [-0.4, -0.2) is 5.11 Å². The molecule has 1 nitrogen and oxygen atoms in total. The van der Waals surface area contributed by atoms with Crippen molar-refractivity contribution in [2.75, 3.05) is 0 Å². The van der Waals surface area contributed by atoms with Gasteiger partial charge >= 0.3 is 0 Å². The van der Waals surface area contributed by atoms with Crippen molar-refractivity contribution in [1.82, 2.24) is 0 Å². The van der Waals surface area contributed by atoms with E-state index in [1.807, 2.05) is 0 Å². The average molecular weight is 204 g/mol. The van der Waals surface area contributed by atoms with Gasteiger partial charge in [0.05, 0.1) is 6.10 Å². The first-order valence-corrected chi connectivity index (χ1v) is 6.06. The Morgan fingerprint density at radius 3 is 2.40 bits per heavy atom. The predicted molar refractivity (Wildman–Crippen MR) is 62.7 cm³/mol. The van der Waals surface area contributed by atoms with Gasteiger partial charge in [0.2, 0.25) is 0 Å². The zero-order valence-electron chi connectivity index (χ0n) is 9.45. The highest BCUT2D eigenvalue weighted by Crippen LogP contribution is 2.34. The lowest BCUT2D eigenvalue weighted by Gasteiger charge is -2.27. The molecule has 1 fully saturated rings. The van der Waals surface area contributed by atoms with Gasteiger partial charge in [-0.05, 0) is 29.9 Å². The van der Waals surface area contributed by atoms with Crippen LogP contribution in [0.2, 0.25) is 0 Å². The van der Waals surface area contributed by atoms with Crippen LogP contribution in [0.3, 0.4) is 0 Å². The van der Waals surface area contributed by atoms with E-state index in [9.17, 15) is 5.11 Å². The van der Waals surface area contributed by atoms with E-state index in [1.54, 1.807) is 0 Å². The van der Waals surface area contributed by atoms with Gasteiger partial charge in [-0.25, -0.2) is 0 Å². The molecular formula is C14H20O. The number of hydrogen-bond donors (Lipinski definition) is 1. The molecule has 15 heavy (non-hydrogen) atoms. The molecule has 0 saturated heterocycles. The summed E-state index contributed by atoms with van der Waals surface area (Å²) in [6, 6.07) is 8.39. The molecule has 0 spiro atoms. The molecule has 0 radical (unpaired) electrons. The summed E-state index contributed by atoms with van der Waals surface area (Å²) in [6.07, 6.45) is 5.74. The highest BCUT2D eigenvalue weighted by atomic mass is 16.3. The number of rotatable bonds is 4. The normalized spacial score (nSPS) is 18.5. The maximum atomic E-state index is 10.0. The van der Waals surface area contributed by atoms with Crippen LogP contribution in [0.25, 0.3) is 0 Å². The first-order valence-electron chi connectivity index (χ1n) is 6.06. The fourth-order valence-corrected chi connectivity index (χ4v) is 2.16. The van der Waals surface area contributed by atoms with E-state index in [4.69, 9.17) is 0 Å². The Morgan fingerprint density at radius 1 is 1.27 bits per heavy atom. The third-order valence-electron chi connectivity index (χ3n) is 3.55. The number of benzene rings is 1. The highest BCUT2D eigenvalue weighted by molar-refractivity contribution is 5.24. The summed E-state index contributed by atoms with van der Waals surface area (Å²) in [6.45, 7) is 2.15. The molecule has 1 unspecified atom stereocenters. The standard InChI is InChI=1S/C14H20O/c1-2-11-6-8-13(9-7-11)14(15)10-12-4-3-5-12/h6-9,12,14-15H,2-5,10H2,1H3. The number of aliphatic hydroxyl groups excluding tert-OH is 1. The monoisotopic (exact) mass is 204 g/mol. The van der Waals surface area contributed by atoms with Crippen LogP contribution in [0.4, 0.5) is 0 Å². The molecule has 0 aliphatic heterocycles. The molecule has 1 atom stereocenters. The van der Waals surface area contributed by atoms with Gasteiger partial charge in [0.25, 0.3) is 0 Å². The lowest BCUT2D eigenvalue weighted by molar-refractivity contribution is 0.118. The van der Waals surface area contributed by atoms with E-state index in [-0.39, 0.29) is 6.10 Å². The lowest BCUT2D eigenvalue weighted by atomic mass is 9.80. The largest absolute Gasteiger partial charge is 0.388 e. The van der Waals surface area contributed by atoms with E-state index in [0.29, 0.717) is 0 Å². The number of hydrogen-bond acceptors (Lipinski definition) is 1. The molecule has 1 aliphatic rings. The van der Waals surface area contributed by atoms with Gasteiger partial charge in [0, 0.05) is 0 Å². The van der Waals surface area contributed by atoms with E-state index in [1.165, 1.54) is 24.8 Å². The maximum absolute atomic E-state index is 10.0. The molecule has 2 rings (SSSR count). The molecule has 1 saturated carbocycles. The molecule has 0 heterocycles. The van der Waals surface area contributed by atoms with Gasteiger partial charge in [-0.3, -0.25) is 0 Å². The van der Waals surface area contributed by atoms with Crippen molar-refractivity contribution in [2.24, 2.45) is 5.92 Å². The van der Waals surface area contributed by atoms with Crippen molar-refractivity contribution in [3.63, 3.8) is 0 Å². The minimum absolute atomic E-state index is 0.249. The topological polar surface area (TPSA) is 20.2 Å². The van der Waals surface area contributed by atoms with Crippen LogP contribution in [0.5, 0.6) is 0 Å². The van der Waals surface area contributed by atoms with E-state index in [0.717, 1.165) is 24.3 Å². The molecule has 1 N–H and O–H groups in total. The molecule has 0 amide bonds. The Hall–Kier alpha value is -0.820. The second kappa shape index (κ2) is 4.80. The summed E-state index contributed by atoms with van der Waals surface area (Å²) in [5.74, 6) is 0.769. The second-order valence-electron chi connectivity index (χ2n) is 4.64. The summed E-state index contributed by atoms with van der Waals surface area (Å²) in [4.78, 5) is 0. The van der Waals surface area contributed by atoms with Crippen LogP contribution < -0.4 is 0 Å². The Labute approximate surface area is 92.1 Å². The zero-order chi connectivity index (χ0) is 10.7. The van der Waals surface area contributed by atoms with Gasteiger partial charge in [0.15, 0.2) is 0 Å². The summed E-state index contributed by atoms with van der Waals surface area (Å²) in [5.41, 5.74) is 2.42. The number of aliphatic hydroxyl groups is 1. The third-order valence-corrected chi connectivity index (χ3v) is 3.55. The van der Waals surface area contributed by atoms with E-state index < -0.39 is 0 Å². The third kappa shape index (κ3) is 2.60. The SMILES string of the molecule is CCc1ccc(C(O)CC2CCC2)cc1. The molecule has 0 bridgehead atoms. The van der Waals surface area contributed by atoms with Crippen molar-refractivity contribution in [2.45, 2.75) is 45.1 Å².